The first kappa shape index (κ1) is 7.72. The number of rotatable bonds is 0. The van der Waals surface area contributed by atoms with Gasteiger partial charge in [0.05, 0.1) is 6.54 Å². The third-order valence-electron chi connectivity index (χ3n) is 1.01. The zero-order valence-corrected chi connectivity index (χ0v) is 5.24. The second-order valence-corrected chi connectivity index (χ2v) is 1.64. The van der Waals surface area contributed by atoms with Gasteiger partial charge in [-0.1, -0.05) is 0 Å². The van der Waals surface area contributed by atoms with E-state index in [9.17, 15) is 4.79 Å². The van der Waals surface area contributed by atoms with Crippen LogP contribution in [0.5, 0.6) is 0 Å². The van der Waals surface area contributed by atoms with Crippen LogP contribution >= 0.6 is 0 Å². The SMILES string of the molecule is O=C1NCCC[NH2+]1.[Cl-]. The topological polar surface area (TPSA) is 45.7 Å². The van der Waals surface area contributed by atoms with E-state index in [1.807, 2.05) is 0 Å². The molecule has 1 saturated heterocycles. The van der Waals surface area contributed by atoms with E-state index in [1.165, 1.54) is 0 Å². The smallest absolute Gasteiger partial charge is 0.413 e. The summed E-state index contributed by atoms with van der Waals surface area (Å²) in [6.45, 7) is 1.81. The fourth-order valence-electron chi connectivity index (χ4n) is 0.619. The lowest BCUT2D eigenvalue weighted by Crippen LogP contribution is -3.00. The summed E-state index contributed by atoms with van der Waals surface area (Å²) in [7, 11) is 0. The first-order chi connectivity index (χ1) is 3.39. The van der Waals surface area contributed by atoms with Gasteiger partial charge in [-0.2, -0.15) is 0 Å². The Hall–Kier alpha value is -0.280. The zero-order chi connectivity index (χ0) is 5.11. The number of nitrogens with two attached hydrogens (primary N) is 1. The lowest BCUT2D eigenvalue weighted by molar-refractivity contribution is -0.561. The van der Waals surface area contributed by atoms with Crippen LogP contribution in [0.3, 0.4) is 0 Å². The summed E-state index contributed by atoms with van der Waals surface area (Å²) in [6.07, 6.45) is 1.10. The highest BCUT2D eigenvalue weighted by atomic mass is 35.5. The second-order valence-electron chi connectivity index (χ2n) is 1.64. The summed E-state index contributed by atoms with van der Waals surface area (Å²) in [5, 5.41) is 4.37. The lowest BCUT2D eigenvalue weighted by Gasteiger charge is -2.06. The molecule has 0 aromatic carbocycles. The third kappa shape index (κ3) is 2.14. The molecule has 0 radical (unpaired) electrons. The third-order valence-corrected chi connectivity index (χ3v) is 1.01. The fraction of sp³-hybridized carbons (Fsp3) is 0.750. The molecule has 3 nitrogen and oxygen atoms in total. The molecule has 48 valence electrons. The van der Waals surface area contributed by atoms with Crippen LogP contribution in [0.15, 0.2) is 0 Å². The maximum atomic E-state index is 10.3. The average molecular weight is 137 g/mol. The van der Waals surface area contributed by atoms with Crippen LogP contribution in [-0.4, -0.2) is 19.1 Å². The van der Waals surface area contributed by atoms with Crippen molar-refractivity contribution in [2.24, 2.45) is 0 Å². The first-order valence-electron chi connectivity index (χ1n) is 2.50. The average Bonchev–Trinajstić information content (AvgIpc) is 1.69. The van der Waals surface area contributed by atoms with E-state index in [-0.39, 0.29) is 18.4 Å². The molecule has 2 amide bonds. The predicted octanol–water partition coefficient (Wildman–Crippen LogP) is -4.33. The van der Waals surface area contributed by atoms with E-state index in [4.69, 9.17) is 0 Å². The number of carbonyl (C=O) groups excluding carboxylic acids is 1. The van der Waals surface area contributed by atoms with Gasteiger partial charge in [-0.3, -0.25) is 5.32 Å². The van der Waals surface area contributed by atoms with Crippen LogP contribution in [0.4, 0.5) is 4.79 Å². The van der Waals surface area contributed by atoms with Crippen LogP contribution in [0.2, 0.25) is 0 Å². The molecule has 0 bridgehead atoms. The van der Waals surface area contributed by atoms with Gasteiger partial charge in [0.15, 0.2) is 0 Å². The predicted molar refractivity (Wildman–Crippen MR) is 24.8 cm³/mol. The summed E-state index contributed by atoms with van der Waals surface area (Å²) >= 11 is 0. The molecular weight excluding hydrogens is 128 g/mol. The molecule has 4 heteroatoms. The molecule has 1 rings (SSSR count). The number of hydrogen-bond donors (Lipinski definition) is 2. The summed E-state index contributed by atoms with van der Waals surface area (Å²) in [6, 6.07) is 0.0891. The molecule has 0 spiro atoms. The number of quaternary nitrogens is 1. The molecule has 8 heavy (non-hydrogen) atoms. The Morgan fingerprint density at radius 3 is 2.62 bits per heavy atom. The van der Waals surface area contributed by atoms with E-state index in [2.05, 4.69) is 5.32 Å². The molecule has 1 heterocycles. The Balaban J connectivity index is 0.000000490. The highest BCUT2D eigenvalue weighted by Crippen LogP contribution is 1.71. The van der Waals surface area contributed by atoms with Crippen molar-refractivity contribution in [2.45, 2.75) is 6.42 Å². The molecule has 0 aliphatic carbocycles. The molecule has 0 aromatic rings. The van der Waals surface area contributed by atoms with E-state index in [1.54, 1.807) is 5.32 Å². The van der Waals surface area contributed by atoms with Crippen molar-refractivity contribution in [1.82, 2.24) is 5.32 Å². The summed E-state index contributed by atoms with van der Waals surface area (Å²) in [4.78, 5) is 10.3. The molecule has 0 atom stereocenters. The Morgan fingerprint density at radius 1 is 1.62 bits per heavy atom. The van der Waals surface area contributed by atoms with E-state index in [0.29, 0.717) is 0 Å². The van der Waals surface area contributed by atoms with Gasteiger partial charge in [0.2, 0.25) is 0 Å². The van der Waals surface area contributed by atoms with Crippen LogP contribution in [0, 0.1) is 0 Å². The van der Waals surface area contributed by atoms with E-state index >= 15 is 0 Å². The van der Waals surface area contributed by atoms with Crippen LogP contribution in [-0.2, 0) is 0 Å². The zero-order valence-electron chi connectivity index (χ0n) is 4.48. The van der Waals surface area contributed by atoms with Gasteiger partial charge in [0.25, 0.3) is 0 Å². The molecule has 0 unspecified atom stereocenters. The van der Waals surface area contributed by atoms with Crippen molar-refractivity contribution < 1.29 is 22.5 Å². The molecule has 0 saturated carbocycles. The maximum absolute atomic E-state index is 10.3. The fourth-order valence-corrected chi connectivity index (χ4v) is 0.619. The molecule has 1 aliphatic rings. The Morgan fingerprint density at radius 2 is 2.38 bits per heavy atom. The molecule has 0 aromatic heterocycles. The number of primary amides is 1. The number of nitrogens with one attached hydrogen (secondary N) is 1. The van der Waals surface area contributed by atoms with Crippen molar-refractivity contribution in [3.05, 3.63) is 0 Å². The second kappa shape index (κ2) is 3.69. The summed E-state index contributed by atoms with van der Waals surface area (Å²) < 4.78 is 0. The molecule has 3 N–H and O–H groups in total. The Labute approximate surface area is 54.2 Å². The van der Waals surface area contributed by atoms with Crippen molar-refractivity contribution in [3.8, 4) is 0 Å². The summed E-state index contributed by atoms with van der Waals surface area (Å²) in [5.41, 5.74) is 0. The number of urea groups is 1. The van der Waals surface area contributed by atoms with Gasteiger partial charge in [-0.15, -0.1) is 0 Å². The van der Waals surface area contributed by atoms with Gasteiger partial charge >= 0.3 is 6.03 Å². The molecule has 1 aliphatic heterocycles. The number of hydrogen-bond acceptors (Lipinski definition) is 1. The van der Waals surface area contributed by atoms with Crippen LogP contribution in [0.1, 0.15) is 6.42 Å². The number of carbonyl (C=O) groups is 1. The van der Waals surface area contributed by atoms with Crippen molar-refractivity contribution in [1.29, 1.82) is 0 Å². The van der Waals surface area contributed by atoms with Crippen molar-refractivity contribution in [3.63, 3.8) is 0 Å². The van der Waals surface area contributed by atoms with Crippen molar-refractivity contribution in [2.75, 3.05) is 13.1 Å². The van der Waals surface area contributed by atoms with Gasteiger partial charge < -0.3 is 17.7 Å². The van der Waals surface area contributed by atoms with Crippen molar-refractivity contribution >= 4 is 6.03 Å². The van der Waals surface area contributed by atoms with Crippen LogP contribution < -0.4 is 23.0 Å². The van der Waals surface area contributed by atoms with Gasteiger partial charge in [0, 0.05) is 13.0 Å². The highest BCUT2D eigenvalue weighted by molar-refractivity contribution is 5.63. The normalized spacial score (nSPS) is 18.8. The maximum Gasteiger partial charge on any atom is 0.413 e. The monoisotopic (exact) mass is 136 g/mol. The molecule has 1 fully saturated rings. The first-order valence-corrected chi connectivity index (χ1v) is 2.50. The lowest BCUT2D eigenvalue weighted by atomic mass is 10.4. The minimum atomic E-state index is 0. The molecular formula is C4H9ClN2O. The van der Waals surface area contributed by atoms with E-state index < -0.39 is 0 Å². The van der Waals surface area contributed by atoms with E-state index in [0.717, 1.165) is 19.5 Å². The number of amides is 2. The highest BCUT2D eigenvalue weighted by Gasteiger charge is 2.07. The number of halogens is 1. The van der Waals surface area contributed by atoms with Crippen LogP contribution in [0.25, 0.3) is 0 Å². The minimum Gasteiger partial charge on any atom is -1.00 e. The Kier molecular flexibility index (Phi) is 3.56. The minimum absolute atomic E-state index is 0. The Bertz CT molecular complexity index is 78.1. The van der Waals surface area contributed by atoms with Gasteiger partial charge in [-0.05, 0) is 0 Å². The quantitative estimate of drug-likeness (QED) is 0.348. The van der Waals surface area contributed by atoms with Gasteiger partial charge in [0.1, 0.15) is 0 Å². The standard InChI is InChI=1S/C4H8N2O.ClH/c7-4-5-2-1-3-6-4;/h1-3H2,(H2,5,6,7);1H. The van der Waals surface area contributed by atoms with Gasteiger partial charge in [-0.25, -0.2) is 4.79 Å². The largest absolute Gasteiger partial charge is 1.00 e. The summed E-state index contributed by atoms with van der Waals surface area (Å²) in [5.74, 6) is 0.